The van der Waals surface area contributed by atoms with Gasteiger partial charge < -0.3 is 9.84 Å². The third-order valence-electron chi connectivity index (χ3n) is 2.45. The lowest BCUT2D eigenvalue weighted by Crippen LogP contribution is -1.90. The standard InChI is InChI=1S/C13H9FN2O2/c1-18-13-3-2-8(4-10(13)14)11-5-9(6-15)12(17)7-16-11/h2-5,7,17H,1H3. The van der Waals surface area contributed by atoms with Gasteiger partial charge in [0, 0.05) is 5.56 Å². The van der Waals surface area contributed by atoms with Gasteiger partial charge in [-0.1, -0.05) is 0 Å². The molecule has 2 rings (SSSR count). The summed E-state index contributed by atoms with van der Waals surface area (Å²) >= 11 is 0. The van der Waals surface area contributed by atoms with Gasteiger partial charge in [-0.2, -0.15) is 5.26 Å². The maximum absolute atomic E-state index is 13.5. The summed E-state index contributed by atoms with van der Waals surface area (Å²) in [5.74, 6) is -0.573. The summed E-state index contributed by atoms with van der Waals surface area (Å²) in [6.45, 7) is 0. The molecule has 0 amide bonds. The van der Waals surface area contributed by atoms with Crippen LogP contribution in [0.25, 0.3) is 11.3 Å². The normalized spacial score (nSPS) is 9.83. The average Bonchev–Trinajstić information content (AvgIpc) is 2.39. The Morgan fingerprint density at radius 1 is 1.39 bits per heavy atom. The Morgan fingerprint density at radius 2 is 2.17 bits per heavy atom. The Labute approximate surface area is 103 Å². The molecule has 4 nitrogen and oxygen atoms in total. The molecule has 0 aliphatic carbocycles. The number of halogens is 1. The molecule has 2 aromatic rings. The molecule has 0 unspecified atom stereocenters. The number of nitriles is 1. The number of rotatable bonds is 2. The van der Waals surface area contributed by atoms with Crippen molar-refractivity contribution >= 4 is 0 Å². The van der Waals surface area contributed by atoms with Crippen molar-refractivity contribution in [3.05, 3.63) is 41.8 Å². The maximum Gasteiger partial charge on any atom is 0.165 e. The maximum atomic E-state index is 13.5. The number of aromatic hydroxyl groups is 1. The quantitative estimate of drug-likeness (QED) is 0.881. The Morgan fingerprint density at radius 3 is 2.78 bits per heavy atom. The lowest BCUT2D eigenvalue weighted by molar-refractivity contribution is 0.386. The van der Waals surface area contributed by atoms with E-state index in [1.165, 1.54) is 25.3 Å². The molecule has 0 bridgehead atoms. The fourth-order valence-electron chi connectivity index (χ4n) is 1.52. The Hall–Kier alpha value is -2.61. The summed E-state index contributed by atoms with van der Waals surface area (Å²) < 4.78 is 18.3. The fraction of sp³-hybridized carbons (Fsp3) is 0.0769. The van der Waals surface area contributed by atoms with Gasteiger partial charge in [-0.15, -0.1) is 0 Å². The van der Waals surface area contributed by atoms with E-state index in [1.807, 2.05) is 6.07 Å². The molecule has 0 radical (unpaired) electrons. The van der Waals surface area contributed by atoms with Gasteiger partial charge in [0.2, 0.25) is 0 Å². The van der Waals surface area contributed by atoms with Crippen LogP contribution in [0.1, 0.15) is 5.56 Å². The molecule has 0 aliphatic rings. The highest BCUT2D eigenvalue weighted by molar-refractivity contribution is 5.63. The van der Waals surface area contributed by atoms with E-state index in [9.17, 15) is 9.50 Å². The highest BCUT2D eigenvalue weighted by Gasteiger charge is 2.08. The predicted octanol–water partition coefficient (Wildman–Crippen LogP) is 2.47. The highest BCUT2D eigenvalue weighted by atomic mass is 19.1. The van der Waals surface area contributed by atoms with E-state index in [-0.39, 0.29) is 17.1 Å². The van der Waals surface area contributed by atoms with Crippen LogP contribution < -0.4 is 4.74 Å². The Balaban J connectivity index is 2.49. The second kappa shape index (κ2) is 4.72. The summed E-state index contributed by atoms with van der Waals surface area (Å²) in [5.41, 5.74) is 1.01. The summed E-state index contributed by atoms with van der Waals surface area (Å²) in [6.07, 6.45) is 1.16. The van der Waals surface area contributed by atoms with Crippen LogP contribution in [0.5, 0.6) is 11.5 Å². The van der Waals surface area contributed by atoms with Crippen molar-refractivity contribution < 1.29 is 14.2 Å². The molecule has 1 heterocycles. The van der Waals surface area contributed by atoms with Crippen LogP contribution in [0.2, 0.25) is 0 Å². The Bertz CT molecular complexity index is 635. The molecule has 0 saturated carbocycles. The van der Waals surface area contributed by atoms with E-state index >= 15 is 0 Å². The molecule has 5 heteroatoms. The van der Waals surface area contributed by atoms with Crippen molar-refractivity contribution in [3.63, 3.8) is 0 Å². The largest absolute Gasteiger partial charge is 0.505 e. The molecule has 1 aromatic heterocycles. The lowest BCUT2D eigenvalue weighted by atomic mass is 10.1. The number of aromatic nitrogens is 1. The van der Waals surface area contributed by atoms with E-state index in [0.717, 1.165) is 6.20 Å². The summed E-state index contributed by atoms with van der Waals surface area (Å²) in [4.78, 5) is 3.95. The number of ether oxygens (including phenoxy) is 1. The van der Waals surface area contributed by atoms with Crippen molar-refractivity contribution in [1.29, 1.82) is 5.26 Å². The first-order chi connectivity index (χ1) is 8.65. The first-order valence-corrected chi connectivity index (χ1v) is 5.08. The zero-order valence-electron chi connectivity index (χ0n) is 9.51. The number of nitrogens with zero attached hydrogens (tertiary/aromatic N) is 2. The first kappa shape index (κ1) is 11.9. The summed E-state index contributed by atoms with van der Waals surface area (Å²) in [6, 6.07) is 7.60. The van der Waals surface area contributed by atoms with Crippen molar-refractivity contribution in [2.75, 3.05) is 7.11 Å². The second-order valence-electron chi connectivity index (χ2n) is 3.55. The van der Waals surface area contributed by atoms with E-state index in [0.29, 0.717) is 11.3 Å². The van der Waals surface area contributed by atoms with Gasteiger partial charge >= 0.3 is 0 Å². The molecular weight excluding hydrogens is 235 g/mol. The van der Waals surface area contributed by atoms with Gasteiger partial charge in [-0.3, -0.25) is 4.98 Å². The van der Waals surface area contributed by atoms with Gasteiger partial charge in [0.05, 0.1) is 24.6 Å². The first-order valence-electron chi connectivity index (χ1n) is 5.08. The van der Waals surface area contributed by atoms with E-state index in [1.54, 1.807) is 6.07 Å². The van der Waals surface area contributed by atoms with Gasteiger partial charge in [0.1, 0.15) is 6.07 Å². The monoisotopic (exact) mass is 244 g/mol. The molecule has 0 saturated heterocycles. The van der Waals surface area contributed by atoms with E-state index in [4.69, 9.17) is 10.00 Å². The Kier molecular flexibility index (Phi) is 3.11. The number of hydrogen-bond donors (Lipinski definition) is 1. The molecule has 90 valence electrons. The molecule has 1 N–H and O–H groups in total. The SMILES string of the molecule is COc1ccc(-c2cc(C#N)c(O)cn2)cc1F. The number of methoxy groups -OCH3 is 1. The molecular formula is C13H9FN2O2. The van der Waals surface area contributed by atoms with Crippen LogP contribution in [0.4, 0.5) is 4.39 Å². The van der Waals surface area contributed by atoms with Crippen LogP contribution in [-0.2, 0) is 0 Å². The number of benzene rings is 1. The summed E-state index contributed by atoms with van der Waals surface area (Å²) in [5, 5.41) is 18.1. The molecule has 0 fully saturated rings. The minimum atomic E-state index is -0.511. The molecule has 18 heavy (non-hydrogen) atoms. The van der Waals surface area contributed by atoms with Gasteiger partial charge in [-0.05, 0) is 24.3 Å². The smallest absolute Gasteiger partial charge is 0.165 e. The zero-order valence-corrected chi connectivity index (χ0v) is 9.51. The number of hydrogen-bond acceptors (Lipinski definition) is 4. The third-order valence-corrected chi connectivity index (χ3v) is 2.45. The van der Waals surface area contributed by atoms with Crippen LogP contribution >= 0.6 is 0 Å². The van der Waals surface area contributed by atoms with Crippen LogP contribution in [-0.4, -0.2) is 17.2 Å². The minimum absolute atomic E-state index is 0.0937. The lowest BCUT2D eigenvalue weighted by Gasteiger charge is -2.05. The van der Waals surface area contributed by atoms with Crippen LogP contribution in [0.15, 0.2) is 30.5 Å². The molecule has 0 spiro atoms. The third kappa shape index (κ3) is 2.09. The highest BCUT2D eigenvalue weighted by Crippen LogP contribution is 2.26. The van der Waals surface area contributed by atoms with Crippen molar-refractivity contribution in [3.8, 4) is 28.8 Å². The summed E-state index contributed by atoms with van der Waals surface area (Å²) in [7, 11) is 1.38. The van der Waals surface area contributed by atoms with E-state index in [2.05, 4.69) is 4.98 Å². The van der Waals surface area contributed by atoms with Gasteiger partial charge in [0.15, 0.2) is 17.3 Å². The van der Waals surface area contributed by atoms with Crippen molar-refractivity contribution in [2.24, 2.45) is 0 Å². The fourth-order valence-corrected chi connectivity index (χ4v) is 1.52. The zero-order chi connectivity index (χ0) is 13.1. The topological polar surface area (TPSA) is 66.1 Å². The average molecular weight is 244 g/mol. The van der Waals surface area contributed by atoms with E-state index < -0.39 is 5.82 Å². The van der Waals surface area contributed by atoms with Crippen molar-refractivity contribution in [2.45, 2.75) is 0 Å². The molecule has 0 aliphatic heterocycles. The van der Waals surface area contributed by atoms with Gasteiger partial charge in [-0.25, -0.2) is 4.39 Å². The van der Waals surface area contributed by atoms with Crippen LogP contribution in [0.3, 0.4) is 0 Å². The van der Waals surface area contributed by atoms with Crippen molar-refractivity contribution in [1.82, 2.24) is 4.98 Å². The molecule has 1 aromatic carbocycles. The van der Waals surface area contributed by atoms with Crippen LogP contribution in [0, 0.1) is 17.1 Å². The second-order valence-corrected chi connectivity index (χ2v) is 3.55. The minimum Gasteiger partial charge on any atom is -0.505 e. The molecule has 0 atom stereocenters. The number of pyridine rings is 1. The predicted molar refractivity (Wildman–Crippen MR) is 62.6 cm³/mol. The van der Waals surface area contributed by atoms with Gasteiger partial charge in [0.25, 0.3) is 0 Å².